The van der Waals surface area contributed by atoms with Crippen LogP contribution in [0.4, 0.5) is 11.4 Å². The summed E-state index contributed by atoms with van der Waals surface area (Å²) in [5.74, 6) is 0.400. The Hall–Kier alpha value is -3.49. The molecule has 0 saturated heterocycles. The van der Waals surface area contributed by atoms with Gasteiger partial charge in [0.15, 0.2) is 6.10 Å². The lowest BCUT2D eigenvalue weighted by atomic mass is 10.2. The molecule has 0 bridgehead atoms. The molecule has 1 N–H and O–H groups in total. The van der Waals surface area contributed by atoms with Gasteiger partial charge in [0.2, 0.25) is 0 Å². The maximum Gasteiger partial charge on any atom is 0.267 e. The average Bonchev–Trinajstić information content (AvgIpc) is 2.83. The minimum Gasteiger partial charge on any atom is -0.490 e. The third kappa shape index (κ3) is 5.03. The number of sulfonamides is 1. The number of aryl methyl sites for hydroxylation is 1. The predicted octanol–water partition coefficient (Wildman–Crippen LogP) is 4.81. The standard InChI is InChI=1S/C25H23ClN2O5S/c1-3-14-32-20-9-7-19(8-10-20)27-25(29)24-16-28(22-15-18(26)6-13-23(22)33-24)34(30,31)21-11-4-17(2)5-12-21/h3-13,15,24H,1,14,16H2,2H3,(H,27,29)/t24-/m0/s1. The van der Waals surface area contributed by atoms with Crippen LogP contribution >= 0.6 is 11.6 Å². The van der Waals surface area contributed by atoms with Crippen LogP contribution in [-0.4, -0.2) is 33.6 Å². The van der Waals surface area contributed by atoms with Gasteiger partial charge in [-0.05, 0) is 61.5 Å². The second kappa shape index (κ2) is 9.79. The van der Waals surface area contributed by atoms with E-state index in [-0.39, 0.29) is 22.9 Å². The molecule has 9 heteroatoms. The number of benzene rings is 3. The summed E-state index contributed by atoms with van der Waals surface area (Å²) in [6.07, 6.45) is 0.558. The first kappa shape index (κ1) is 23.7. The average molecular weight is 499 g/mol. The number of hydrogen-bond donors (Lipinski definition) is 1. The summed E-state index contributed by atoms with van der Waals surface area (Å²) >= 11 is 6.14. The Labute approximate surface area is 203 Å². The summed E-state index contributed by atoms with van der Waals surface area (Å²) in [6.45, 7) is 5.63. The van der Waals surface area contributed by atoms with Crippen LogP contribution in [0.15, 0.2) is 84.3 Å². The molecule has 4 rings (SSSR count). The molecular formula is C25H23ClN2O5S. The Morgan fingerprint density at radius 2 is 1.88 bits per heavy atom. The van der Waals surface area contributed by atoms with Crippen LogP contribution in [0.1, 0.15) is 5.56 Å². The van der Waals surface area contributed by atoms with Crippen molar-refractivity contribution >= 4 is 38.9 Å². The highest BCUT2D eigenvalue weighted by Gasteiger charge is 2.37. The van der Waals surface area contributed by atoms with E-state index in [9.17, 15) is 13.2 Å². The number of halogens is 1. The molecule has 1 aliphatic rings. The van der Waals surface area contributed by atoms with Crippen LogP contribution in [0.25, 0.3) is 0 Å². The molecule has 1 amide bonds. The molecule has 1 atom stereocenters. The van der Waals surface area contributed by atoms with Gasteiger partial charge in [-0.15, -0.1) is 0 Å². The molecule has 3 aromatic rings. The lowest BCUT2D eigenvalue weighted by Crippen LogP contribution is -2.48. The first-order valence-corrected chi connectivity index (χ1v) is 12.3. The van der Waals surface area contributed by atoms with E-state index in [2.05, 4.69) is 11.9 Å². The van der Waals surface area contributed by atoms with Crippen LogP contribution in [0.2, 0.25) is 5.02 Å². The first-order valence-electron chi connectivity index (χ1n) is 10.5. The first-order chi connectivity index (χ1) is 16.3. The van der Waals surface area contributed by atoms with Gasteiger partial charge in [0.05, 0.1) is 17.1 Å². The molecule has 0 aromatic heterocycles. The summed E-state index contributed by atoms with van der Waals surface area (Å²) in [4.78, 5) is 13.1. The lowest BCUT2D eigenvalue weighted by Gasteiger charge is -2.34. The van der Waals surface area contributed by atoms with Crippen LogP contribution in [-0.2, 0) is 14.8 Å². The second-order valence-electron chi connectivity index (χ2n) is 7.68. The van der Waals surface area contributed by atoms with Crippen molar-refractivity contribution < 1.29 is 22.7 Å². The van der Waals surface area contributed by atoms with Crippen molar-refractivity contribution in [1.82, 2.24) is 0 Å². The molecule has 176 valence electrons. The van der Waals surface area contributed by atoms with E-state index < -0.39 is 22.0 Å². The number of carbonyl (C=O) groups excluding carboxylic acids is 1. The van der Waals surface area contributed by atoms with Crippen LogP contribution in [0.3, 0.4) is 0 Å². The Kier molecular flexibility index (Phi) is 6.81. The molecule has 0 unspecified atom stereocenters. The van der Waals surface area contributed by atoms with Crippen molar-refractivity contribution in [3.63, 3.8) is 0 Å². The second-order valence-corrected chi connectivity index (χ2v) is 9.98. The van der Waals surface area contributed by atoms with Crippen LogP contribution < -0.4 is 19.1 Å². The molecule has 0 aliphatic carbocycles. The van der Waals surface area contributed by atoms with Crippen molar-refractivity contribution in [2.75, 3.05) is 22.8 Å². The van der Waals surface area contributed by atoms with Crippen molar-refractivity contribution in [2.45, 2.75) is 17.9 Å². The van der Waals surface area contributed by atoms with Gasteiger partial charge < -0.3 is 14.8 Å². The highest BCUT2D eigenvalue weighted by Crippen LogP contribution is 2.39. The number of carbonyl (C=O) groups is 1. The highest BCUT2D eigenvalue weighted by atomic mass is 35.5. The number of anilines is 2. The molecule has 0 spiro atoms. The molecule has 3 aromatic carbocycles. The van der Waals surface area contributed by atoms with E-state index in [1.54, 1.807) is 54.6 Å². The zero-order valence-electron chi connectivity index (χ0n) is 18.4. The number of nitrogens with zero attached hydrogens (tertiary/aromatic N) is 1. The maximum atomic E-state index is 13.5. The van der Waals surface area contributed by atoms with Crippen molar-refractivity contribution in [3.8, 4) is 11.5 Å². The maximum absolute atomic E-state index is 13.5. The van der Waals surface area contributed by atoms with Gasteiger partial charge in [-0.1, -0.05) is 42.0 Å². The topological polar surface area (TPSA) is 84.9 Å². The number of rotatable bonds is 7. The number of fused-ring (bicyclic) bond motifs is 1. The molecule has 7 nitrogen and oxygen atoms in total. The molecule has 34 heavy (non-hydrogen) atoms. The number of ether oxygens (including phenoxy) is 2. The monoisotopic (exact) mass is 498 g/mol. The van der Waals surface area contributed by atoms with E-state index in [0.29, 0.717) is 23.1 Å². The van der Waals surface area contributed by atoms with Gasteiger partial charge in [0, 0.05) is 10.7 Å². The Bertz CT molecular complexity index is 1310. The zero-order valence-corrected chi connectivity index (χ0v) is 20.0. The molecule has 0 radical (unpaired) electrons. The number of amides is 1. The van der Waals surface area contributed by atoms with Gasteiger partial charge in [0.1, 0.15) is 18.1 Å². The lowest BCUT2D eigenvalue weighted by molar-refractivity contribution is -0.122. The zero-order chi connectivity index (χ0) is 24.3. The Balaban J connectivity index is 1.60. The Morgan fingerprint density at radius 3 is 2.56 bits per heavy atom. The van der Waals surface area contributed by atoms with Crippen molar-refractivity contribution in [3.05, 3.63) is 90.0 Å². The van der Waals surface area contributed by atoms with Gasteiger partial charge in [0.25, 0.3) is 15.9 Å². The minimum atomic E-state index is -3.97. The third-order valence-corrected chi connectivity index (χ3v) is 7.21. The smallest absolute Gasteiger partial charge is 0.267 e. The largest absolute Gasteiger partial charge is 0.490 e. The minimum absolute atomic E-state index is 0.111. The fourth-order valence-electron chi connectivity index (χ4n) is 3.44. The van der Waals surface area contributed by atoms with Crippen molar-refractivity contribution in [1.29, 1.82) is 0 Å². The summed E-state index contributed by atoms with van der Waals surface area (Å²) in [5, 5.41) is 3.12. The van der Waals surface area contributed by atoms with Gasteiger partial charge in [-0.25, -0.2) is 8.42 Å². The molecule has 0 saturated carbocycles. The SMILES string of the molecule is C=CCOc1ccc(NC(=O)[C@@H]2CN(S(=O)(=O)c3ccc(C)cc3)c3cc(Cl)ccc3O2)cc1. The normalized spacial score (nSPS) is 15.1. The number of nitrogens with one attached hydrogen (secondary N) is 1. The summed E-state index contributed by atoms with van der Waals surface area (Å²) in [7, 11) is -3.97. The summed E-state index contributed by atoms with van der Waals surface area (Å²) in [5.41, 5.74) is 1.73. The third-order valence-electron chi connectivity index (χ3n) is 5.18. The number of hydrogen-bond acceptors (Lipinski definition) is 5. The van der Waals surface area contributed by atoms with Gasteiger partial charge in [-0.3, -0.25) is 9.10 Å². The quantitative estimate of drug-likeness (QED) is 0.472. The Morgan fingerprint density at radius 1 is 1.18 bits per heavy atom. The summed E-state index contributed by atoms with van der Waals surface area (Å²) < 4.78 is 39.5. The van der Waals surface area contributed by atoms with E-state index >= 15 is 0 Å². The van der Waals surface area contributed by atoms with E-state index in [1.165, 1.54) is 22.5 Å². The fourth-order valence-corrected chi connectivity index (χ4v) is 5.07. The highest BCUT2D eigenvalue weighted by molar-refractivity contribution is 7.92. The summed E-state index contributed by atoms with van der Waals surface area (Å²) in [6, 6.07) is 18.0. The van der Waals surface area contributed by atoms with Crippen LogP contribution in [0.5, 0.6) is 11.5 Å². The molecular weight excluding hydrogens is 476 g/mol. The van der Waals surface area contributed by atoms with Gasteiger partial charge in [-0.2, -0.15) is 0 Å². The van der Waals surface area contributed by atoms with Crippen molar-refractivity contribution in [2.24, 2.45) is 0 Å². The van der Waals surface area contributed by atoms with E-state index in [0.717, 1.165) is 5.56 Å². The van der Waals surface area contributed by atoms with Gasteiger partial charge >= 0.3 is 0 Å². The predicted molar refractivity (Wildman–Crippen MR) is 132 cm³/mol. The van der Waals surface area contributed by atoms with E-state index in [1.807, 2.05) is 6.92 Å². The molecule has 0 fully saturated rings. The molecule has 1 heterocycles. The fraction of sp³-hybridized carbons (Fsp3) is 0.160. The molecule has 1 aliphatic heterocycles. The van der Waals surface area contributed by atoms with E-state index in [4.69, 9.17) is 21.1 Å². The van der Waals surface area contributed by atoms with Crippen LogP contribution in [0, 0.1) is 6.92 Å².